The Balaban J connectivity index is 2.75. The van der Waals surface area contributed by atoms with Crippen LogP contribution in [0.2, 0.25) is 0 Å². The first-order valence-electron chi connectivity index (χ1n) is 4.98. The molecule has 1 aromatic rings. The first kappa shape index (κ1) is 12.9. The van der Waals surface area contributed by atoms with Crippen molar-refractivity contribution in [1.82, 2.24) is 5.32 Å². The molecule has 0 fully saturated rings. The number of phenolic OH excluding ortho intramolecular Hbond substituents is 1. The molecule has 0 spiro atoms. The van der Waals surface area contributed by atoms with E-state index in [-0.39, 0.29) is 11.8 Å². The maximum atomic E-state index is 9.78. The minimum absolute atomic E-state index is 0.00130. The summed E-state index contributed by atoms with van der Waals surface area (Å²) in [4.78, 5) is 0. The normalized spacial score (nSPS) is 12.2. The summed E-state index contributed by atoms with van der Waals surface area (Å²) in [7, 11) is 1.56. The number of halogens is 1. The van der Waals surface area contributed by atoms with E-state index in [1.54, 1.807) is 13.2 Å². The number of hydrogen-bond donors (Lipinski definition) is 2. The Labute approximate surface area is 101 Å². The highest BCUT2D eigenvalue weighted by Crippen LogP contribution is 2.28. The summed E-state index contributed by atoms with van der Waals surface area (Å²) in [5.41, 5.74) is 0.804. The Morgan fingerprint density at radius 1 is 1.62 bits per heavy atom. The van der Waals surface area contributed by atoms with Crippen LogP contribution in [-0.4, -0.2) is 18.8 Å². The third kappa shape index (κ3) is 3.43. The standard InChI is InChI=1S/C12H16ClNO2/c1-8(13)7-14-9(2)11-5-4-10(16-3)6-12(11)15/h4-6,9,14-15H,1,7H2,2-3H3. The number of benzene rings is 1. The molecule has 0 saturated heterocycles. The Morgan fingerprint density at radius 3 is 2.81 bits per heavy atom. The van der Waals surface area contributed by atoms with Gasteiger partial charge in [0.05, 0.1) is 7.11 Å². The van der Waals surface area contributed by atoms with Gasteiger partial charge in [0.2, 0.25) is 0 Å². The fourth-order valence-electron chi connectivity index (χ4n) is 1.39. The molecule has 0 aromatic heterocycles. The minimum atomic E-state index is 0.00130. The number of ether oxygens (including phenoxy) is 1. The molecule has 1 aromatic carbocycles. The van der Waals surface area contributed by atoms with Gasteiger partial charge in [0, 0.05) is 29.2 Å². The molecule has 0 aliphatic rings. The van der Waals surface area contributed by atoms with E-state index in [2.05, 4.69) is 11.9 Å². The van der Waals surface area contributed by atoms with Gasteiger partial charge in [-0.05, 0) is 13.0 Å². The minimum Gasteiger partial charge on any atom is -0.507 e. The van der Waals surface area contributed by atoms with E-state index in [1.165, 1.54) is 0 Å². The molecule has 0 aliphatic heterocycles. The van der Waals surface area contributed by atoms with E-state index < -0.39 is 0 Å². The quantitative estimate of drug-likeness (QED) is 0.833. The van der Waals surface area contributed by atoms with Crippen molar-refractivity contribution < 1.29 is 9.84 Å². The van der Waals surface area contributed by atoms with E-state index in [0.717, 1.165) is 5.56 Å². The lowest BCUT2D eigenvalue weighted by Gasteiger charge is -2.15. The van der Waals surface area contributed by atoms with Crippen LogP contribution in [0.5, 0.6) is 11.5 Å². The van der Waals surface area contributed by atoms with Crippen molar-refractivity contribution in [3.8, 4) is 11.5 Å². The average molecular weight is 242 g/mol. The number of hydrogen-bond acceptors (Lipinski definition) is 3. The summed E-state index contributed by atoms with van der Waals surface area (Å²) in [5.74, 6) is 0.842. The van der Waals surface area contributed by atoms with Gasteiger partial charge in [-0.3, -0.25) is 0 Å². The maximum absolute atomic E-state index is 9.78. The number of aromatic hydroxyl groups is 1. The highest BCUT2D eigenvalue weighted by atomic mass is 35.5. The topological polar surface area (TPSA) is 41.5 Å². The zero-order valence-electron chi connectivity index (χ0n) is 9.46. The van der Waals surface area contributed by atoms with Gasteiger partial charge < -0.3 is 15.2 Å². The second-order valence-electron chi connectivity index (χ2n) is 3.54. The Bertz CT molecular complexity index is 379. The maximum Gasteiger partial charge on any atom is 0.124 e. The SMILES string of the molecule is C=C(Cl)CNC(C)c1ccc(OC)cc1O. The Kier molecular flexibility index (Phi) is 4.65. The van der Waals surface area contributed by atoms with Gasteiger partial charge in [-0.1, -0.05) is 24.2 Å². The van der Waals surface area contributed by atoms with Gasteiger partial charge in [-0.25, -0.2) is 0 Å². The molecule has 4 heteroatoms. The van der Waals surface area contributed by atoms with E-state index in [0.29, 0.717) is 17.3 Å². The van der Waals surface area contributed by atoms with Crippen LogP contribution in [0.15, 0.2) is 29.8 Å². The molecule has 0 amide bonds. The fraction of sp³-hybridized carbons (Fsp3) is 0.333. The highest BCUT2D eigenvalue weighted by molar-refractivity contribution is 6.29. The van der Waals surface area contributed by atoms with Crippen molar-refractivity contribution in [3.05, 3.63) is 35.4 Å². The molecule has 88 valence electrons. The summed E-state index contributed by atoms with van der Waals surface area (Å²) >= 11 is 5.66. The fourth-order valence-corrected chi connectivity index (χ4v) is 1.47. The first-order chi connectivity index (χ1) is 7.54. The van der Waals surface area contributed by atoms with Crippen molar-refractivity contribution in [3.63, 3.8) is 0 Å². The van der Waals surface area contributed by atoms with Crippen LogP contribution in [-0.2, 0) is 0 Å². The van der Waals surface area contributed by atoms with E-state index in [4.69, 9.17) is 16.3 Å². The predicted molar refractivity (Wildman–Crippen MR) is 66.1 cm³/mol. The van der Waals surface area contributed by atoms with Crippen molar-refractivity contribution in [2.45, 2.75) is 13.0 Å². The van der Waals surface area contributed by atoms with Gasteiger partial charge in [0.25, 0.3) is 0 Å². The molecule has 0 radical (unpaired) electrons. The lowest BCUT2D eigenvalue weighted by molar-refractivity contribution is 0.404. The van der Waals surface area contributed by atoms with Crippen LogP contribution in [0.25, 0.3) is 0 Å². The third-order valence-electron chi connectivity index (χ3n) is 2.30. The van der Waals surface area contributed by atoms with Crippen LogP contribution in [0.4, 0.5) is 0 Å². The van der Waals surface area contributed by atoms with Crippen molar-refractivity contribution in [1.29, 1.82) is 0 Å². The van der Waals surface area contributed by atoms with Crippen molar-refractivity contribution >= 4 is 11.6 Å². The zero-order chi connectivity index (χ0) is 12.1. The molecule has 1 rings (SSSR count). The van der Waals surface area contributed by atoms with E-state index in [1.807, 2.05) is 19.1 Å². The number of phenols is 1. The molecule has 16 heavy (non-hydrogen) atoms. The molecule has 3 nitrogen and oxygen atoms in total. The summed E-state index contributed by atoms with van der Waals surface area (Å²) in [6, 6.07) is 5.22. The van der Waals surface area contributed by atoms with Crippen LogP contribution >= 0.6 is 11.6 Å². The predicted octanol–water partition coefficient (Wildman–Crippen LogP) is 2.80. The lowest BCUT2D eigenvalue weighted by atomic mass is 10.1. The monoisotopic (exact) mass is 241 g/mol. The van der Waals surface area contributed by atoms with E-state index >= 15 is 0 Å². The second kappa shape index (κ2) is 5.77. The number of rotatable bonds is 5. The summed E-state index contributed by atoms with van der Waals surface area (Å²) in [5, 5.41) is 13.5. The van der Waals surface area contributed by atoms with Crippen LogP contribution in [0.3, 0.4) is 0 Å². The van der Waals surface area contributed by atoms with Crippen LogP contribution < -0.4 is 10.1 Å². The summed E-state index contributed by atoms with van der Waals surface area (Å²) in [6.45, 7) is 6.04. The van der Waals surface area contributed by atoms with Gasteiger partial charge >= 0.3 is 0 Å². The lowest BCUT2D eigenvalue weighted by Crippen LogP contribution is -2.19. The van der Waals surface area contributed by atoms with Gasteiger partial charge in [0.15, 0.2) is 0 Å². The first-order valence-corrected chi connectivity index (χ1v) is 5.36. The van der Waals surface area contributed by atoms with Gasteiger partial charge in [0.1, 0.15) is 11.5 Å². The highest BCUT2D eigenvalue weighted by Gasteiger charge is 2.10. The second-order valence-corrected chi connectivity index (χ2v) is 4.08. The van der Waals surface area contributed by atoms with Crippen molar-refractivity contribution in [2.75, 3.05) is 13.7 Å². The number of nitrogens with one attached hydrogen (secondary N) is 1. The number of methoxy groups -OCH3 is 1. The molecule has 0 aliphatic carbocycles. The largest absolute Gasteiger partial charge is 0.507 e. The smallest absolute Gasteiger partial charge is 0.124 e. The molecule has 1 atom stereocenters. The molecular weight excluding hydrogens is 226 g/mol. The summed E-state index contributed by atoms with van der Waals surface area (Å²) in [6.07, 6.45) is 0. The van der Waals surface area contributed by atoms with Gasteiger partial charge in [-0.2, -0.15) is 0 Å². The zero-order valence-corrected chi connectivity index (χ0v) is 10.2. The van der Waals surface area contributed by atoms with Crippen LogP contribution in [0.1, 0.15) is 18.5 Å². The average Bonchev–Trinajstić information content (AvgIpc) is 2.25. The van der Waals surface area contributed by atoms with E-state index in [9.17, 15) is 5.11 Å². The molecular formula is C12H16ClNO2. The molecule has 1 unspecified atom stereocenters. The molecule has 0 saturated carbocycles. The summed E-state index contributed by atoms with van der Waals surface area (Å²) < 4.78 is 5.01. The Hall–Kier alpha value is -1.19. The third-order valence-corrected chi connectivity index (χ3v) is 2.44. The van der Waals surface area contributed by atoms with Crippen LogP contribution in [0, 0.1) is 0 Å². The van der Waals surface area contributed by atoms with Gasteiger partial charge in [-0.15, -0.1) is 0 Å². The molecule has 2 N–H and O–H groups in total. The molecule has 0 bridgehead atoms. The van der Waals surface area contributed by atoms with Crippen molar-refractivity contribution in [2.24, 2.45) is 0 Å². The molecule has 0 heterocycles. The Morgan fingerprint density at radius 2 is 2.31 bits per heavy atom.